The van der Waals surface area contributed by atoms with Gasteiger partial charge in [0.25, 0.3) is 0 Å². The summed E-state index contributed by atoms with van der Waals surface area (Å²) in [6.45, 7) is 0. The lowest BCUT2D eigenvalue weighted by Gasteiger charge is -2.05. The van der Waals surface area contributed by atoms with E-state index in [1.54, 1.807) is 24.5 Å². The lowest BCUT2D eigenvalue weighted by molar-refractivity contribution is 0.0994. The van der Waals surface area contributed by atoms with E-state index in [9.17, 15) is 9.18 Å². The van der Waals surface area contributed by atoms with Crippen LogP contribution in [0.4, 0.5) is 4.39 Å². The summed E-state index contributed by atoms with van der Waals surface area (Å²) in [6.07, 6.45) is 3.48. The fourth-order valence-corrected chi connectivity index (χ4v) is 2.27. The molecule has 1 heterocycles. The van der Waals surface area contributed by atoms with Gasteiger partial charge in [-0.3, -0.25) is 9.78 Å². The SMILES string of the molecule is O=C(Cc1cccc(F)c1)c1cncc2ccccc12. The summed E-state index contributed by atoms with van der Waals surface area (Å²) < 4.78 is 13.1. The molecule has 0 aliphatic rings. The fraction of sp³-hybridized carbons (Fsp3) is 0.0588. The minimum atomic E-state index is -0.327. The maximum absolute atomic E-state index is 13.1. The van der Waals surface area contributed by atoms with E-state index in [1.165, 1.54) is 12.1 Å². The number of aromatic nitrogens is 1. The van der Waals surface area contributed by atoms with Crippen molar-refractivity contribution in [1.29, 1.82) is 0 Å². The lowest BCUT2D eigenvalue weighted by Crippen LogP contribution is -2.05. The number of carbonyl (C=O) groups is 1. The Bertz CT molecular complexity index is 777. The summed E-state index contributed by atoms with van der Waals surface area (Å²) in [5.41, 5.74) is 1.25. The van der Waals surface area contributed by atoms with Crippen molar-refractivity contribution in [2.24, 2.45) is 0 Å². The van der Waals surface area contributed by atoms with Crippen molar-refractivity contribution in [3.05, 3.63) is 77.9 Å². The zero-order valence-corrected chi connectivity index (χ0v) is 10.7. The Balaban J connectivity index is 1.97. The number of Topliss-reactive ketones (excluding diaryl/α,β-unsaturated/α-hetero) is 1. The van der Waals surface area contributed by atoms with Crippen molar-refractivity contribution in [2.45, 2.75) is 6.42 Å². The summed E-state index contributed by atoms with van der Waals surface area (Å²) in [6, 6.07) is 13.7. The first-order valence-electron chi connectivity index (χ1n) is 6.34. The average molecular weight is 265 g/mol. The first-order chi connectivity index (χ1) is 9.74. The zero-order valence-electron chi connectivity index (χ0n) is 10.7. The van der Waals surface area contributed by atoms with Gasteiger partial charge in [0.05, 0.1) is 0 Å². The standard InChI is InChI=1S/C17H12FNO/c18-14-6-3-4-12(8-14)9-17(20)16-11-19-10-13-5-1-2-7-15(13)16/h1-8,10-11H,9H2. The molecule has 0 spiro atoms. The molecule has 0 bridgehead atoms. The normalized spacial score (nSPS) is 10.7. The van der Waals surface area contributed by atoms with Crippen LogP contribution in [0.3, 0.4) is 0 Å². The summed E-state index contributed by atoms with van der Waals surface area (Å²) >= 11 is 0. The van der Waals surface area contributed by atoms with E-state index >= 15 is 0 Å². The number of hydrogen-bond acceptors (Lipinski definition) is 2. The van der Waals surface area contributed by atoms with Gasteiger partial charge < -0.3 is 0 Å². The fourth-order valence-electron chi connectivity index (χ4n) is 2.27. The van der Waals surface area contributed by atoms with E-state index in [2.05, 4.69) is 4.98 Å². The zero-order chi connectivity index (χ0) is 13.9. The molecule has 20 heavy (non-hydrogen) atoms. The second-order valence-electron chi connectivity index (χ2n) is 4.64. The monoisotopic (exact) mass is 265 g/mol. The van der Waals surface area contributed by atoms with Gasteiger partial charge >= 0.3 is 0 Å². The molecule has 2 nitrogen and oxygen atoms in total. The highest BCUT2D eigenvalue weighted by atomic mass is 19.1. The Morgan fingerprint density at radius 2 is 1.90 bits per heavy atom. The minimum absolute atomic E-state index is 0.0556. The maximum Gasteiger partial charge on any atom is 0.169 e. The van der Waals surface area contributed by atoms with Gasteiger partial charge in [0.15, 0.2) is 5.78 Å². The quantitative estimate of drug-likeness (QED) is 0.674. The Hall–Kier alpha value is -2.55. The summed E-state index contributed by atoms with van der Waals surface area (Å²) in [5.74, 6) is -0.383. The largest absolute Gasteiger partial charge is 0.294 e. The van der Waals surface area contributed by atoms with Crippen LogP contribution in [0.5, 0.6) is 0 Å². The van der Waals surface area contributed by atoms with E-state index in [4.69, 9.17) is 0 Å². The first kappa shape index (κ1) is 12.5. The third-order valence-corrected chi connectivity index (χ3v) is 3.22. The molecule has 0 saturated carbocycles. The topological polar surface area (TPSA) is 30.0 Å². The molecule has 2 aromatic carbocycles. The molecule has 3 heteroatoms. The smallest absolute Gasteiger partial charge is 0.169 e. The summed E-state index contributed by atoms with van der Waals surface area (Å²) in [5, 5.41) is 1.81. The van der Waals surface area contributed by atoms with Crippen molar-refractivity contribution in [3.8, 4) is 0 Å². The van der Waals surface area contributed by atoms with Gasteiger partial charge in [-0.2, -0.15) is 0 Å². The van der Waals surface area contributed by atoms with Gasteiger partial charge in [-0.1, -0.05) is 36.4 Å². The minimum Gasteiger partial charge on any atom is -0.294 e. The average Bonchev–Trinajstić information content (AvgIpc) is 2.46. The van der Waals surface area contributed by atoms with Crippen molar-refractivity contribution < 1.29 is 9.18 Å². The highest BCUT2D eigenvalue weighted by Crippen LogP contribution is 2.19. The Labute approximate surface area is 115 Å². The Morgan fingerprint density at radius 1 is 1.05 bits per heavy atom. The summed E-state index contributed by atoms with van der Waals surface area (Å²) in [4.78, 5) is 16.5. The molecule has 0 amide bonds. The molecule has 0 fully saturated rings. The highest BCUT2D eigenvalue weighted by Gasteiger charge is 2.11. The molecule has 0 aliphatic heterocycles. The van der Waals surface area contributed by atoms with Gasteiger partial charge in [-0.15, -0.1) is 0 Å². The molecular formula is C17H12FNO. The molecule has 0 atom stereocenters. The van der Waals surface area contributed by atoms with Crippen molar-refractivity contribution in [1.82, 2.24) is 4.98 Å². The Kier molecular flexibility index (Phi) is 3.25. The number of nitrogens with zero attached hydrogens (tertiary/aromatic N) is 1. The highest BCUT2D eigenvalue weighted by molar-refractivity contribution is 6.08. The van der Waals surface area contributed by atoms with Gasteiger partial charge in [0.2, 0.25) is 0 Å². The molecule has 0 unspecified atom stereocenters. The second kappa shape index (κ2) is 5.21. The van der Waals surface area contributed by atoms with Crippen LogP contribution in [0, 0.1) is 5.82 Å². The number of benzene rings is 2. The predicted molar refractivity (Wildman–Crippen MR) is 76.2 cm³/mol. The van der Waals surface area contributed by atoms with Gasteiger partial charge in [0, 0.05) is 29.8 Å². The van der Waals surface area contributed by atoms with E-state index in [-0.39, 0.29) is 18.0 Å². The second-order valence-corrected chi connectivity index (χ2v) is 4.64. The van der Waals surface area contributed by atoms with Crippen LogP contribution in [0.15, 0.2) is 60.9 Å². The maximum atomic E-state index is 13.1. The van der Waals surface area contributed by atoms with Gasteiger partial charge in [-0.25, -0.2) is 4.39 Å². The molecule has 0 radical (unpaired) electrons. The molecule has 98 valence electrons. The number of ketones is 1. The number of fused-ring (bicyclic) bond motifs is 1. The molecule has 1 aromatic heterocycles. The van der Waals surface area contributed by atoms with Gasteiger partial charge in [-0.05, 0) is 23.1 Å². The van der Waals surface area contributed by atoms with Crippen LogP contribution in [-0.4, -0.2) is 10.8 Å². The Morgan fingerprint density at radius 3 is 2.75 bits per heavy atom. The van der Waals surface area contributed by atoms with E-state index in [0.717, 1.165) is 10.8 Å². The van der Waals surface area contributed by atoms with Crippen LogP contribution in [0.2, 0.25) is 0 Å². The van der Waals surface area contributed by atoms with Crippen LogP contribution in [-0.2, 0) is 6.42 Å². The number of carbonyl (C=O) groups excluding carboxylic acids is 1. The molecular weight excluding hydrogens is 253 g/mol. The van der Waals surface area contributed by atoms with E-state index < -0.39 is 0 Å². The molecule has 3 aromatic rings. The van der Waals surface area contributed by atoms with E-state index in [1.807, 2.05) is 24.3 Å². The van der Waals surface area contributed by atoms with Crippen LogP contribution >= 0.6 is 0 Å². The third kappa shape index (κ3) is 2.43. The van der Waals surface area contributed by atoms with Crippen molar-refractivity contribution in [2.75, 3.05) is 0 Å². The molecule has 0 aliphatic carbocycles. The number of rotatable bonds is 3. The van der Waals surface area contributed by atoms with Gasteiger partial charge in [0.1, 0.15) is 5.82 Å². The lowest BCUT2D eigenvalue weighted by atomic mass is 10.00. The van der Waals surface area contributed by atoms with Crippen LogP contribution in [0.25, 0.3) is 10.8 Å². The first-order valence-corrected chi connectivity index (χ1v) is 6.34. The number of hydrogen-bond donors (Lipinski definition) is 0. The molecule has 0 N–H and O–H groups in total. The van der Waals surface area contributed by atoms with Crippen molar-refractivity contribution >= 4 is 16.6 Å². The van der Waals surface area contributed by atoms with Crippen LogP contribution in [0.1, 0.15) is 15.9 Å². The van der Waals surface area contributed by atoms with Crippen LogP contribution < -0.4 is 0 Å². The predicted octanol–water partition coefficient (Wildman–Crippen LogP) is 3.80. The number of halogens is 1. The molecule has 0 saturated heterocycles. The molecule has 3 rings (SSSR count). The van der Waals surface area contributed by atoms with E-state index in [0.29, 0.717) is 11.1 Å². The van der Waals surface area contributed by atoms with Crippen molar-refractivity contribution in [3.63, 3.8) is 0 Å². The third-order valence-electron chi connectivity index (χ3n) is 3.22. The summed E-state index contributed by atoms with van der Waals surface area (Å²) in [7, 11) is 0. The number of pyridine rings is 1.